The van der Waals surface area contributed by atoms with Crippen molar-refractivity contribution < 1.29 is 9.90 Å². The number of rotatable bonds is 3. The molecule has 0 saturated carbocycles. The molecule has 3 nitrogen and oxygen atoms in total. The summed E-state index contributed by atoms with van der Waals surface area (Å²) in [5.41, 5.74) is 2.15. The number of hydrogen-bond donors (Lipinski definition) is 1. The Bertz CT molecular complexity index is 435. The number of alkyl halides is 1. The summed E-state index contributed by atoms with van der Waals surface area (Å²) in [4.78, 5) is 10.9. The van der Waals surface area contributed by atoms with E-state index in [0.717, 1.165) is 11.1 Å². The van der Waals surface area contributed by atoms with Crippen LogP contribution in [-0.2, 0) is 11.8 Å². The Morgan fingerprint density at radius 2 is 2.27 bits per heavy atom. The van der Waals surface area contributed by atoms with Crippen LogP contribution in [-0.4, -0.2) is 11.1 Å². The van der Waals surface area contributed by atoms with Crippen molar-refractivity contribution in [1.82, 2.24) is 0 Å². The highest BCUT2D eigenvalue weighted by molar-refractivity contribution is 9.08. The number of aromatic carboxylic acids is 1. The maximum absolute atomic E-state index is 10.9. The summed E-state index contributed by atoms with van der Waals surface area (Å²) >= 11 is 3.32. The van der Waals surface area contributed by atoms with Gasteiger partial charge in [-0.15, -0.1) is 0 Å². The average Bonchev–Trinajstić information content (AvgIpc) is 2.26. The van der Waals surface area contributed by atoms with Crippen LogP contribution in [0.15, 0.2) is 12.1 Å². The summed E-state index contributed by atoms with van der Waals surface area (Å²) in [7, 11) is 0. The van der Waals surface area contributed by atoms with Crippen molar-refractivity contribution in [2.75, 3.05) is 0 Å². The van der Waals surface area contributed by atoms with Crippen molar-refractivity contribution in [2.24, 2.45) is 0 Å². The molecule has 0 spiro atoms. The molecule has 0 aliphatic carbocycles. The first-order valence-electron chi connectivity index (χ1n) is 4.49. The standard InChI is InChI=1S/C11H10BrNO2/c1-2-8-7(5-12)3-4-9(11(14)15)10(8)6-13/h3-4H,2,5H2,1H3,(H,14,15). The second-order valence-corrected chi connectivity index (χ2v) is 3.59. The summed E-state index contributed by atoms with van der Waals surface area (Å²) in [5.74, 6) is -1.05. The fraction of sp³-hybridized carbons (Fsp3) is 0.273. The summed E-state index contributed by atoms with van der Waals surface area (Å²) in [6.07, 6.45) is 0.658. The van der Waals surface area contributed by atoms with E-state index < -0.39 is 5.97 Å². The molecule has 0 fully saturated rings. The molecule has 0 aliphatic rings. The van der Waals surface area contributed by atoms with E-state index in [1.165, 1.54) is 6.07 Å². The van der Waals surface area contributed by atoms with Crippen molar-refractivity contribution in [3.63, 3.8) is 0 Å². The highest BCUT2D eigenvalue weighted by atomic mass is 79.9. The highest BCUT2D eigenvalue weighted by Gasteiger charge is 2.15. The quantitative estimate of drug-likeness (QED) is 0.857. The van der Waals surface area contributed by atoms with Gasteiger partial charge < -0.3 is 5.11 Å². The Morgan fingerprint density at radius 1 is 1.60 bits per heavy atom. The number of benzene rings is 1. The molecule has 0 bridgehead atoms. The molecule has 15 heavy (non-hydrogen) atoms. The van der Waals surface area contributed by atoms with Crippen LogP contribution in [0.1, 0.15) is 34.0 Å². The fourth-order valence-electron chi connectivity index (χ4n) is 1.53. The number of nitrogens with zero attached hydrogens (tertiary/aromatic N) is 1. The third-order valence-electron chi connectivity index (χ3n) is 2.25. The minimum Gasteiger partial charge on any atom is -0.478 e. The SMILES string of the molecule is CCc1c(CBr)ccc(C(=O)O)c1C#N. The monoisotopic (exact) mass is 267 g/mol. The van der Waals surface area contributed by atoms with Crippen LogP contribution < -0.4 is 0 Å². The van der Waals surface area contributed by atoms with E-state index in [4.69, 9.17) is 10.4 Å². The lowest BCUT2D eigenvalue weighted by atomic mass is 9.96. The molecule has 1 rings (SSSR count). The van der Waals surface area contributed by atoms with Gasteiger partial charge in [0.2, 0.25) is 0 Å². The lowest BCUT2D eigenvalue weighted by Crippen LogP contribution is -2.05. The summed E-state index contributed by atoms with van der Waals surface area (Å²) in [6.45, 7) is 1.91. The summed E-state index contributed by atoms with van der Waals surface area (Å²) in [5, 5.41) is 18.5. The summed E-state index contributed by atoms with van der Waals surface area (Å²) in [6, 6.07) is 5.20. The Hall–Kier alpha value is -1.34. The zero-order chi connectivity index (χ0) is 11.4. The molecule has 0 heterocycles. The van der Waals surface area contributed by atoms with Crippen LogP contribution in [0.25, 0.3) is 0 Å². The average molecular weight is 268 g/mol. The van der Waals surface area contributed by atoms with E-state index in [1.54, 1.807) is 6.07 Å². The second-order valence-electron chi connectivity index (χ2n) is 3.03. The molecular weight excluding hydrogens is 258 g/mol. The van der Waals surface area contributed by atoms with Crippen molar-refractivity contribution in [3.8, 4) is 6.07 Å². The maximum Gasteiger partial charge on any atom is 0.337 e. The summed E-state index contributed by atoms with van der Waals surface area (Å²) < 4.78 is 0. The van der Waals surface area contributed by atoms with E-state index in [2.05, 4.69) is 15.9 Å². The minimum atomic E-state index is -1.05. The van der Waals surface area contributed by atoms with E-state index in [0.29, 0.717) is 11.8 Å². The van der Waals surface area contributed by atoms with E-state index in [9.17, 15) is 4.79 Å². The van der Waals surface area contributed by atoms with Crippen LogP contribution in [0.2, 0.25) is 0 Å². The number of nitriles is 1. The largest absolute Gasteiger partial charge is 0.478 e. The number of carboxylic acids is 1. The van der Waals surface area contributed by atoms with Crippen LogP contribution >= 0.6 is 15.9 Å². The molecule has 1 aromatic rings. The molecule has 0 radical (unpaired) electrons. The predicted octanol–water partition coefficient (Wildman–Crippen LogP) is 2.71. The van der Waals surface area contributed by atoms with Gasteiger partial charge in [-0.3, -0.25) is 0 Å². The first-order chi connectivity index (χ1) is 7.15. The van der Waals surface area contributed by atoms with Gasteiger partial charge in [-0.2, -0.15) is 5.26 Å². The van der Waals surface area contributed by atoms with Gasteiger partial charge in [-0.05, 0) is 23.6 Å². The first-order valence-corrected chi connectivity index (χ1v) is 5.61. The maximum atomic E-state index is 10.9. The lowest BCUT2D eigenvalue weighted by molar-refractivity contribution is 0.0696. The Balaban J connectivity index is 3.50. The zero-order valence-electron chi connectivity index (χ0n) is 8.25. The normalized spacial score (nSPS) is 9.67. The molecule has 4 heteroatoms. The molecule has 1 N–H and O–H groups in total. The van der Waals surface area contributed by atoms with Gasteiger partial charge in [0.25, 0.3) is 0 Å². The van der Waals surface area contributed by atoms with Gasteiger partial charge in [-0.1, -0.05) is 28.9 Å². The highest BCUT2D eigenvalue weighted by Crippen LogP contribution is 2.21. The van der Waals surface area contributed by atoms with Crippen LogP contribution in [0.4, 0.5) is 0 Å². The number of carbonyl (C=O) groups is 1. The molecule has 0 atom stereocenters. The molecule has 0 aliphatic heterocycles. The van der Waals surface area contributed by atoms with Gasteiger partial charge in [0, 0.05) is 5.33 Å². The van der Waals surface area contributed by atoms with Crippen molar-refractivity contribution in [2.45, 2.75) is 18.7 Å². The first kappa shape index (κ1) is 11.7. The van der Waals surface area contributed by atoms with E-state index >= 15 is 0 Å². The zero-order valence-corrected chi connectivity index (χ0v) is 9.84. The van der Waals surface area contributed by atoms with Gasteiger partial charge in [0.05, 0.1) is 11.1 Å². The van der Waals surface area contributed by atoms with Gasteiger partial charge in [-0.25, -0.2) is 4.79 Å². The smallest absolute Gasteiger partial charge is 0.337 e. The molecular formula is C11H10BrNO2. The number of halogens is 1. The third kappa shape index (κ3) is 2.18. The fourth-order valence-corrected chi connectivity index (χ4v) is 2.05. The third-order valence-corrected chi connectivity index (χ3v) is 2.85. The molecule has 1 aromatic carbocycles. The van der Waals surface area contributed by atoms with Crippen LogP contribution in [0, 0.1) is 11.3 Å². The lowest BCUT2D eigenvalue weighted by Gasteiger charge is -2.09. The van der Waals surface area contributed by atoms with Crippen molar-refractivity contribution >= 4 is 21.9 Å². The van der Waals surface area contributed by atoms with Crippen LogP contribution in [0.5, 0.6) is 0 Å². The van der Waals surface area contributed by atoms with Crippen molar-refractivity contribution in [1.29, 1.82) is 5.26 Å². The molecule has 0 aromatic heterocycles. The van der Waals surface area contributed by atoms with Gasteiger partial charge in [0.15, 0.2) is 0 Å². The minimum absolute atomic E-state index is 0.0825. The topological polar surface area (TPSA) is 61.1 Å². The number of hydrogen-bond acceptors (Lipinski definition) is 2. The molecule has 0 amide bonds. The van der Waals surface area contributed by atoms with Crippen molar-refractivity contribution in [3.05, 3.63) is 34.4 Å². The Labute approximate surface area is 96.5 Å². The Morgan fingerprint density at radius 3 is 2.67 bits per heavy atom. The van der Waals surface area contributed by atoms with E-state index in [-0.39, 0.29) is 11.1 Å². The predicted molar refractivity (Wildman–Crippen MR) is 60.1 cm³/mol. The molecule has 0 saturated heterocycles. The van der Waals surface area contributed by atoms with Gasteiger partial charge >= 0.3 is 5.97 Å². The second kappa shape index (κ2) is 4.94. The van der Waals surface area contributed by atoms with Crippen LogP contribution in [0.3, 0.4) is 0 Å². The Kier molecular flexibility index (Phi) is 3.87. The number of carboxylic acid groups (broad SMARTS) is 1. The molecule has 78 valence electrons. The molecule has 0 unspecified atom stereocenters. The van der Waals surface area contributed by atoms with E-state index in [1.807, 2.05) is 13.0 Å². The van der Waals surface area contributed by atoms with Gasteiger partial charge in [0.1, 0.15) is 6.07 Å².